The molecule has 96 valence electrons. The van der Waals surface area contributed by atoms with Gasteiger partial charge in [0.05, 0.1) is 0 Å². The van der Waals surface area contributed by atoms with Crippen molar-refractivity contribution in [1.82, 2.24) is 0 Å². The molecule has 0 aliphatic heterocycles. The Morgan fingerprint density at radius 1 is 1.06 bits per heavy atom. The number of nitrogens with two attached hydrogens (primary N) is 1. The van der Waals surface area contributed by atoms with Crippen LogP contribution in [-0.2, 0) is 0 Å². The Hall–Kier alpha value is -0.860. The summed E-state index contributed by atoms with van der Waals surface area (Å²) >= 11 is 0. The highest BCUT2D eigenvalue weighted by Gasteiger charge is 2.16. The zero-order valence-electron chi connectivity index (χ0n) is 11.2. The maximum absolute atomic E-state index is 9.26. The standard InChI is InChI=1S/C15H25NO/c1-4-11(3)13-6-8-14(9-7-13)15(16)12(5-2)10-17/h6-9,11-12,15,17H,4-5,10,16H2,1-3H3. The zero-order valence-corrected chi connectivity index (χ0v) is 11.2. The van der Waals surface area contributed by atoms with E-state index in [0.29, 0.717) is 5.92 Å². The summed E-state index contributed by atoms with van der Waals surface area (Å²) < 4.78 is 0. The van der Waals surface area contributed by atoms with Gasteiger partial charge >= 0.3 is 0 Å². The molecule has 0 bridgehead atoms. The van der Waals surface area contributed by atoms with Crippen molar-refractivity contribution in [3.8, 4) is 0 Å². The van der Waals surface area contributed by atoms with Crippen molar-refractivity contribution in [3.05, 3.63) is 35.4 Å². The van der Waals surface area contributed by atoms with Crippen LogP contribution in [0.15, 0.2) is 24.3 Å². The van der Waals surface area contributed by atoms with Gasteiger partial charge in [-0.1, -0.05) is 45.0 Å². The van der Waals surface area contributed by atoms with Crippen molar-refractivity contribution in [2.45, 2.75) is 45.6 Å². The van der Waals surface area contributed by atoms with Gasteiger partial charge in [0.25, 0.3) is 0 Å². The average molecular weight is 235 g/mol. The summed E-state index contributed by atoms with van der Waals surface area (Å²) in [6.07, 6.45) is 2.06. The van der Waals surface area contributed by atoms with E-state index in [1.807, 2.05) is 0 Å². The number of hydrogen-bond donors (Lipinski definition) is 2. The Morgan fingerprint density at radius 2 is 1.59 bits per heavy atom. The van der Waals surface area contributed by atoms with Crippen LogP contribution >= 0.6 is 0 Å². The minimum atomic E-state index is -0.0593. The number of aliphatic hydroxyl groups excluding tert-OH is 1. The first-order valence-electron chi connectivity index (χ1n) is 6.60. The second kappa shape index (κ2) is 6.77. The molecule has 0 amide bonds. The fourth-order valence-electron chi connectivity index (χ4n) is 2.05. The van der Waals surface area contributed by atoms with Crippen LogP contribution in [0.4, 0.5) is 0 Å². The lowest BCUT2D eigenvalue weighted by Crippen LogP contribution is -2.23. The van der Waals surface area contributed by atoms with Crippen molar-refractivity contribution in [3.63, 3.8) is 0 Å². The van der Waals surface area contributed by atoms with Gasteiger partial charge in [-0.3, -0.25) is 0 Å². The smallest absolute Gasteiger partial charge is 0.0477 e. The van der Waals surface area contributed by atoms with E-state index < -0.39 is 0 Å². The summed E-state index contributed by atoms with van der Waals surface area (Å²) in [6, 6.07) is 8.46. The van der Waals surface area contributed by atoms with Gasteiger partial charge in [-0.05, 0) is 29.9 Å². The highest BCUT2D eigenvalue weighted by molar-refractivity contribution is 5.27. The largest absolute Gasteiger partial charge is 0.396 e. The van der Waals surface area contributed by atoms with E-state index in [4.69, 9.17) is 5.73 Å². The molecule has 0 radical (unpaired) electrons. The predicted octanol–water partition coefficient (Wildman–Crippen LogP) is 3.22. The van der Waals surface area contributed by atoms with Crippen molar-refractivity contribution in [1.29, 1.82) is 0 Å². The summed E-state index contributed by atoms with van der Waals surface area (Å²) in [5.74, 6) is 0.754. The summed E-state index contributed by atoms with van der Waals surface area (Å²) in [5.41, 5.74) is 8.64. The molecule has 2 heteroatoms. The molecule has 3 N–H and O–H groups in total. The van der Waals surface area contributed by atoms with Crippen LogP contribution in [0.25, 0.3) is 0 Å². The molecule has 0 fully saturated rings. The van der Waals surface area contributed by atoms with Gasteiger partial charge in [-0.2, -0.15) is 0 Å². The van der Waals surface area contributed by atoms with Crippen LogP contribution < -0.4 is 5.73 Å². The lowest BCUT2D eigenvalue weighted by Gasteiger charge is -2.21. The molecule has 0 saturated heterocycles. The van der Waals surface area contributed by atoms with E-state index in [1.54, 1.807) is 0 Å². The average Bonchev–Trinajstić information content (AvgIpc) is 2.39. The van der Waals surface area contributed by atoms with E-state index in [2.05, 4.69) is 45.0 Å². The van der Waals surface area contributed by atoms with E-state index in [-0.39, 0.29) is 18.6 Å². The van der Waals surface area contributed by atoms with Crippen LogP contribution in [0.5, 0.6) is 0 Å². The van der Waals surface area contributed by atoms with Gasteiger partial charge in [0.2, 0.25) is 0 Å². The van der Waals surface area contributed by atoms with Gasteiger partial charge in [0.1, 0.15) is 0 Å². The van der Waals surface area contributed by atoms with Crippen molar-refractivity contribution in [2.75, 3.05) is 6.61 Å². The first-order valence-corrected chi connectivity index (χ1v) is 6.60. The zero-order chi connectivity index (χ0) is 12.8. The molecule has 1 aromatic rings. The molecule has 0 saturated carbocycles. The first-order chi connectivity index (χ1) is 8.13. The highest BCUT2D eigenvalue weighted by Crippen LogP contribution is 2.25. The summed E-state index contributed by atoms with van der Waals surface area (Å²) in [6.45, 7) is 6.65. The van der Waals surface area contributed by atoms with Gasteiger partial charge in [-0.25, -0.2) is 0 Å². The number of rotatable bonds is 6. The molecule has 1 aromatic carbocycles. The van der Waals surface area contributed by atoms with Crippen molar-refractivity contribution in [2.24, 2.45) is 11.7 Å². The van der Waals surface area contributed by atoms with Crippen LogP contribution in [0.1, 0.15) is 56.7 Å². The molecule has 0 spiro atoms. The van der Waals surface area contributed by atoms with Gasteiger partial charge in [0.15, 0.2) is 0 Å². The maximum atomic E-state index is 9.26. The lowest BCUT2D eigenvalue weighted by molar-refractivity contribution is 0.200. The normalized spacial score (nSPS) is 16.5. The van der Waals surface area contributed by atoms with Gasteiger partial charge in [0, 0.05) is 18.6 Å². The lowest BCUT2D eigenvalue weighted by atomic mass is 9.90. The van der Waals surface area contributed by atoms with Crippen LogP contribution in [0.2, 0.25) is 0 Å². The van der Waals surface area contributed by atoms with Crippen LogP contribution in [0.3, 0.4) is 0 Å². The van der Waals surface area contributed by atoms with E-state index >= 15 is 0 Å². The first kappa shape index (κ1) is 14.2. The second-order valence-corrected chi connectivity index (χ2v) is 4.85. The Morgan fingerprint density at radius 3 is 2.00 bits per heavy atom. The fourth-order valence-corrected chi connectivity index (χ4v) is 2.05. The van der Waals surface area contributed by atoms with Crippen molar-refractivity contribution >= 4 is 0 Å². The molecule has 0 aliphatic rings. The molecule has 0 aliphatic carbocycles. The number of aliphatic hydroxyl groups is 1. The van der Waals surface area contributed by atoms with Gasteiger partial charge in [-0.15, -0.1) is 0 Å². The van der Waals surface area contributed by atoms with E-state index in [0.717, 1.165) is 18.4 Å². The molecule has 3 unspecified atom stereocenters. The van der Waals surface area contributed by atoms with E-state index in [1.165, 1.54) is 5.56 Å². The maximum Gasteiger partial charge on any atom is 0.0477 e. The molecule has 2 nitrogen and oxygen atoms in total. The molecule has 3 atom stereocenters. The van der Waals surface area contributed by atoms with Crippen molar-refractivity contribution < 1.29 is 5.11 Å². The fraction of sp³-hybridized carbons (Fsp3) is 0.600. The quantitative estimate of drug-likeness (QED) is 0.795. The Bertz CT molecular complexity index is 316. The third-order valence-electron chi connectivity index (χ3n) is 3.77. The molecular formula is C15H25NO. The SMILES string of the molecule is CCC(C)c1ccc(C(N)C(CC)CO)cc1. The Kier molecular flexibility index (Phi) is 5.66. The minimum Gasteiger partial charge on any atom is -0.396 e. The Labute approximate surface area is 105 Å². The molecule has 0 aromatic heterocycles. The van der Waals surface area contributed by atoms with E-state index in [9.17, 15) is 5.11 Å². The van der Waals surface area contributed by atoms with Crippen LogP contribution in [0, 0.1) is 5.92 Å². The molecule has 17 heavy (non-hydrogen) atoms. The molecule has 0 heterocycles. The second-order valence-electron chi connectivity index (χ2n) is 4.85. The topological polar surface area (TPSA) is 46.2 Å². The van der Waals surface area contributed by atoms with Gasteiger partial charge < -0.3 is 10.8 Å². The Balaban J connectivity index is 2.79. The monoisotopic (exact) mass is 235 g/mol. The number of hydrogen-bond acceptors (Lipinski definition) is 2. The summed E-state index contributed by atoms with van der Waals surface area (Å²) in [4.78, 5) is 0. The number of benzene rings is 1. The third-order valence-corrected chi connectivity index (χ3v) is 3.77. The molecule has 1 rings (SSSR count). The third kappa shape index (κ3) is 3.55. The van der Waals surface area contributed by atoms with Crippen LogP contribution in [-0.4, -0.2) is 11.7 Å². The molecular weight excluding hydrogens is 210 g/mol. The highest BCUT2D eigenvalue weighted by atomic mass is 16.3. The summed E-state index contributed by atoms with van der Waals surface area (Å²) in [5, 5.41) is 9.26. The minimum absolute atomic E-state index is 0.0593. The summed E-state index contributed by atoms with van der Waals surface area (Å²) in [7, 11) is 0. The predicted molar refractivity (Wildman–Crippen MR) is 72.9 cm³/mol.